The van der Waals surface area contributed by atoms with Crippen molar-refractivity contribution in [2.75, 3.05) is 18.4 Å². The minimum absolute atomic E-state index is 0.114. The lowest BCUT2D eigenvalue weighted by Gasteiger charge is -2.23. The fourth-order valence-corrected chi connectivity index (χ4v) is 2.65. The van der Waals surface area contributed by atoms with E-state index in [0.717, 1.165) is 37.1 Å². The zero-order chi connectivity index (χ0) is 13.5. The zero-order valence-corrected chi connectivity index (χ0v) is 10.6. The van der Waals surface area contributed by atoms with Gasteiger partial charge < -0.3 is 5.32 Å². The van der Waals surface area contributed by atoms with Gasteiger partial charge in [-0.2, -0.15) is 13.2 Å². The van der Waals surface area contributed by atoms with E-state index in [1.54, 1.807) is 4.90 Å². The van der Waals surface area contributed by atoms with Crippen LogP contribution in [0.4, 0.5) is 18.9 Å². The molecule has 0 radical (unpaired) electrons. The Balaban J connectivity index is 1.71. The molecule has 0 bridgehead atoms. The van der Waals surface area contributed by atoms with Gasteiger partial charge in [-0.1, -0.05) is 12.1 Å². The number of anilines is 1. The summed E-state index contributed by atoms with van der Waals surface area (Å²) in [5.74, 6) is 0. The first-order valence-corrected chi connectivity index (χ1v) is 6.68. The van der Waals surface area contributed by atoms with Crippen LogP contribution in [0, 0.1) is 0 Å². The summed E-state index contributed by atoms with van der Waals surface area (Å²) in [7, 11) is 0. The molecule has 0 unspecified atom stereocenters. The summed E-state index contributed by atoms with van der Waals surface area (Å²) >= 11 is 0. The second-order valence-corrected chi connectivity index (χ2v) is 5.42. The number of nitrogens with zero attached hydrogens (tertiary/aromatic N) is 1. The van der Waals surface area contributed by atoms with Crippen LogP contribution in [0.2, 0.25) is 0 Å². The van der Waals surface area contributed by atoms with Gasteiger partial charge in [0.25, 0.3) is 0 Å². The van der Waals surface area contributed by atoms with Crippen LogP contribution in [0.1, 0.15) is 24.0 Å². The number of hydrogen-bond acceptors (Lipinski definition) is 2. The van der Waals surface area contributed by atoms with E-state index in [-0.39, 0.29) is 6.04 Å². The van der Waals surface area contributed by atoms with E-state index in [4.69, 9.17) is 0 Å². The molecule has 1 fully saturated rings. The van der Waals surface area contributed by atoms with Crippen LogP contribution in [-0.2, 0) is 13.0 Å². The summed E-state index contributed by atoms with van der Waals surface area (Å²) in [6.07, 6.45) is -1.33. The molecule has 0 saturated heterocycles. The van der Waals surface area contributed by atoms with Crippen molar-refractivity contribution in [3.8, 4) is 0 Å². The number of hydrogen-bond donors (Lipinski definition) is 1. The molecule has 0 spiro atoms. The topological polar surface area (TPSA) is 15.3 Å². The van der Waals surface area contributed by atoms with Gasteiger partial charge in [0.05, 0.1) is 6.54 Å². The maximum Gasteiger partial charge on any atom is 0.401 e. The molecule has 1 aromatic rings. The predicted octanol–water partition coefficient (Wildman–Crippen LogP) is 3.18. The van der Waals surface area contributed by atoms with E-state index >= 15 is 0 Å². The first-order valence-electron chi connectivity index (χ1n) is 6.68. The van der Waals surface area contributed by atoms with Gasteiger partial charge >= 0.3 is 6.18 Å². The van der Waals surface area contributed by atoms with Crippen molar-refractivity contribution in [2.45, 2.75) is 38.0 Å². The highest BCUT2D eigenvalue weighted by atomic mass is 19.4. The monoisotopic (exact) mass is 270 g/mol. The Kier molecular flexibility index (Phi) is 3.17. The normalized spacial score (nSPS) is 18.5. The van der Waals surface area contributed by atoms with Gasteiger partial charge in [0.15, 0.2) is 0 Å². The Morgan fingerprint density at radius 2 is 2.05 bits per heavy atom. The summed E-state index contributed by atoms with van der Waals surface area (Å²) < 4.78 is 37.7. The molecule has 5 heteroatoms. The molecule has 1 aliphatic carbocycles. The van der Waals surface area contributed by atoms with E-state index in [1.165, 1.54) is 5.56 Å². The lowest BCUT2D eigenvalue weighted by atomic mass is 10.1. The van der Waals surface area contributed by atoms with Crippen molar-refractivity contribution >= 4 is 5.69 Å². The number of alkyl halides is 3. The SMILES string of the molecule is FC(F)(F)CN(Cc1ccc2c(c1)NCC2)C1CC1. The van der Waals surface area contributed by atoms with Crippen LogP contribution in [0.3, 0.4) is 0 Å². The van der Waals surface area contributed by atoms with Crippen LogP contribution < -0.4 is 5.32 Å². The summed E-state index contributed by atoms with van der Waals surface area (Å²) in [4.78, 5) is 1.55. The molecule has 1 saturated carbocycles. The summed E-state index contributed by atoms with van der Waals surface area (Å²) in [5.41, 5.74) is 3.31. The largest absolute Gasteiger partial charge is 0.401 e. The van der Waals surface area contributed by atoms with Crippen molar-refractivity contribution in [1.29, 1.82) is 0 Å². The molecule has 0 atom stereocenters. The first kappa shape index (κ1) is 12.8. The molecule has 1 N–H and O–H groups in total. The second-order valence-electron chi connectivity index (χ2n) is 5.42. The molecule has 0 aromatic heterocycles. The Hall–Kier alpha value is -1.23. The van der Waals surface area contributed by atoms with Crippen molar-refractivity contribution < 1.29 is 13.2 Å². The highest BCUT2D eigenvalue weighted by Gasteiger charge is 2.37. The highest BCUT2D eigenvalue weighted by molar-refractivity contribution is 5.57. The van der Waals surface area contributed by atoms with Gasteiger partial charge in [-0.25, -0.2) is 0 Å². The van der Waals surface area contributed by atoms with Gasteiger partial charge in [0, 0.05) is 24.8 Å². The quantitative estimate of drug-likeness (QED) is 0.904. The number of benzene rings is 1. The standard InChI is InChI=1S/C14H17F3N2/c15-14(16,17)9-19(12-3-4-12)8-10-1-2-11-5-6-18-13(11)7-10/h1-2,7,12,18H,3-6,8-9H2. The Labute approximate surface area is 110 Å². The Bertz CT molecular complexity index is 466. The van der Waals surface area contributed by atoms with E-state index in [9.17, 15) is 13.2 Å². The van der Waals surface area contributed by atoms with Crippen LogP contribution in [0.15, 0.2) is 18.2 Å². The van der Waals surface area contributed by atoms with Gasteiger partial charge in [-0.05, 0) is 36.5 Å². The van der Waals surface area contributed by atoms with Crippen LogP contribution in [-0.4, -0.2) is 30.2 Å². The molecule has 2 aliphatic rings. The van der Waals surface area contributed by atoms with Crippen molar-refractivity contribution in [3.63, 3.8) is 0 Å². The molecule has 3 rings (SSSR count). The fourth-order valence-electron chi connectivity index (χ4n) is 2.65. The first-order chi connectivity index (χ1) is 9.01. The van der Waals surface area contributed by atoms with Crippen LogP contribution in [0.25, 0.3) is 0 Å². The summed E-state index contributed by atoms with van der Waals surface area (Å²) in [6.45, 7) is 0.509. The molecule has 2 nitrogen and oxygen atoms in total. The molecular weight excluding hydrogens is 253 g/mol. The minimum Gasteiger partial charge on any atom is -0.384 e. The third-order valence-corrected chi connectivity index (χ3v) is 3.72. The van der Waals surface area contributed by atoms with Crippen molar-refractivity contribution in [3.05, 3.63) is 29.3 Å². The zero-order valence-electron chi connectivity index (χ0n) is 10.6. The lowest BCUT2D eigenvalue weighted by molar-refractivity contribution is -0.148. The maximum absolute atomic E-state index is 12.6. The number of halogens is 3. The maximum atomic E-state index is 12.6. The molecule has 1 heterocycles. The lowest BCUT2D eigenvalue weighted by Crippen LogP contribution is -2.35. The summed E-state index contributed by atoms with van der Waals surface area (Å²) in [5, 5.41) is 3.27. The molecule has 19 heavy (non-hydrogen) atoms. The molecule has 104 valence electrons. The third kappa shape index (κ3) is 3.21. The predicted molar refractivity (Wildman–Crippen MR) is 68.1 cm³/mol. The van der Waals surface area contributed by atoms with Gasteiger partial charge in [-0.15, -0.1) is 0 Å². The molecule has 1 aliphatic heterocycles. The fraction of sp³-hybridized carbons (Fsp3) is 0.571. The van der Waals surface area contributed by atoms with Crippen molar-refractivity contribution in [1.82, 2.24) is 4.90 Å². The minimum atomic E-state index is -4.11. The van der Waals surface area contributed by atoms with Crippen LogP contribution in [0.5, 0.6) is 0 Å². The number of rotatable bonds is 4. The number of fused-ring (bicyclic) bond motifs is 1. The van der Waals surface area contributed by atoms with Crippen molar-refractivity contribution in [2.24, 2.45) is 0 Å². The van der Waals surface area contributed by atoms with Gasteiger partial charge in [0.1, 0.15) is 0 Å². The molecular formula is C14H17F3N2. The average Bonchev–Trinajstić information content (AvgIpc) is 3.06. The van der Waals surface area contributed by atoms with E-state index < -0.39 is 12.7 Å². The second kappa shape index (κ2) is 4.71. The summed E-state index contributed by atoms with van der Waals surface area (Å²) in [6, 6.07) is 6.09. The Morgan fingerprint density at radius 3 is 2.74 bits per heavy atom. The molecule has 1 aromatic carbocycles. The molecule has 0 amide bonds. The van der Waals surface area contributed by atoms with Crippen LogP contribution >= 0.6 is 0 Å². The van der Waals surface area contributed by atoms with Gasteiger partial charge in [0.2, 0.25) is 0 Å². The van der Waals surface area contributed by atoms with E-state index in [0.29, 0.717) is 6.54 Å². The number of nitrogens with one attached hydrogen (secondary N) is 1. The highest BCUT2D eigenvalue weighted by Crippen LogP contribution is 2.32. The average molecular weight is 270 g/mol. The Morgan fingerprint density at radius 1 is 1.26 bits per heavy atom. The van der Waals surface area contributed by atoms with E-state index in [1.807, 2.05) is 18.2 Å². The van der Waals surface area contributed by atoms with E-state index in [2.05, 4.69) is 5.32 Å². The smallest absolute Gasteiger partial charge is 0.384 e. The van der Waals surface area contributed by atoms with Gasteiger partial charge in [-0.3, -0.25) is 4.90 Å². The third-order valence-electron chi connectivity index (χ3n) is 3.72.